The van der Waals surface area contributed by atoms with Crippen LogP contribution in [0.1, 0.15) is 0 Å². The first-order valence-electron chi connectivity index (χ1n) is 1.76. The van der Waals surface area contributed by atoms with Gasteiger partial charge in [-0.3, -0.25) is 0 Å². The molecule has 0 aromatic carbocycles. The Bertz CT molecular complexity index is 160. The van der Waals surface area contributed by atoms with Gasteiger partial charge >= 0.3 is 0 Å². The third-order valence-electron chi connectivity index (χ3n) is 0.569. The van der Waals surface area contributed by atoms with Gasteiger partial charge in [0.1, 0.15) is 5.70 Å². The Labute approximate surface area is 46.3 Å². The lowest BCUT2D eigenvalue weighted by Gasteiger charge is -1.67. The van der Waals surface area contributed by atoms with Gasteiger partial charge < -0.3 is 0 Å². The summed E-state index contributed by atoms with van der Waals surface area (Å²) in [4.78, 5) is 0. The summed E-state index contributed by atoms with van der Waals surface area (Å²) in [5, 5.41) is 9.50. The first-order valence-corrected chi connectivity index (χ1v) is 2.17. The highest BCUT2D eigenvalue weighted by Gasteiger charge is 1.88. The Balaban J connectivity index is 3.00. The van der Waals surface area contributed by atoms with E-state index < -0.39 is 0 Å². The van der Waals surface area contributed by atoms with Crippen LogP contribution in [0.5, 0.6) is 0 Å². The third kappa shape index (κ3) is 0.796. The summed E-state index contributed by atoms with van der Waals surface area (Å²) in [5.74, 6) is 0. The van der Waals surface area contributed by atoms with Crippen molar-refractivity contribution in [3.05, 3.63) is 18.0 Å². The SMILES string of the molecule is S=C=C1C=CN=N1. The second-order valence-electron chi connectivity index (χ2n) is 1.02. The second-order valence-corrected chi connectivity index (χ2v) is 1.22. The van der Waals surface area contributed by atoms with Crippen LogP contribution in [-0.2, 0) is 0 Å². The molecule has 1 aliphatic heterocycles. The van der Waals surface area contributed by atoms with E-state index in [1.54, 1.807) is 12.3 Å². The van der Waals surface area contributed by atoms with Crippen LogP contribution >= 0.6 is 12.2 Å². The van der Waals surface area contributed by atoms with Crippen molar-refractivity contribution in [1.82, 2.24) is 0 Å². The fraction of sp³-hybridized carbons (Fsp3) is 0. The van der Waals surface area contributed by atoms with Crippen molar-refractivity contribution < 1.29 is 0 Å². The molecule has 2 nitrogen and oxygen atoms in total. The van der Waals surface area contributed by atoms with Crippen LogP contribution in [0.4, 0.5) is 0 Å². The number of azo groups is 1. The van der Waals surface area contributed by atoms with E-state index >= 15 is 0 Å². The van der Waals surface area contributed by atoms with Gasteiger partial charge in [-0.1, -0.05) is 0 Å². The van der Waals surface area contributed by atoms with E-state index in [4.69, 9.17) is 0 Å². The van der Waals surface area contributed by atoms with Gasteiger partial charge in [-0.25, -0.2) is 0 Å². The molecule has 0 N–H and O–H groups in total. The number of hydrogen-bond donors (Lipinski definition) is 0. The zero-order valence-corrected chi connectivity index (χ0v) is 4.27. The molecule has 34 valence electrons. The molecule has 0 amide bonds. The van der Waals surface area contributed by atoms with Gasteiger partial charge in [-0.15, -0.1) is 5.11 Å². The highest BCUT2D eigenvalue weighted by atomic mass is 32.1. The first kappa shape index (κ1) is 4.37. The second kappa shape index (κ2) is 1.78. The summed E-state index contributed by atoms with van der Waals surface area (Å²) in [6.07, 6.45) is 3.28. The first-order chi connectivity index (χ1) is 3.43. The Kier molecular flexibility index (Phi) is 1.11. The van der Waals surface area contributed by atoms with Gasteiger partial charge in [0.15, 0.2) is 0 Å². The van der Waals surface area contributed by atoms with Crippen LogP contribution in [0, 0.1) is 0 Å². The van der Waals surface area contributed by atoms with Gasteiger partial charge in [0.05, 0.1) is 6.20 Å². The molecule has 0 radical (unpaired) electrons. The Morgan fingerprint density at radius 2 is 2.57 bits per heavy atom. The lowest BCUT2D eigenvalue weighted by Crippen LogP contribution is -1.58. The summed E-state index contributed by atoms with van der Waals surface area (Å²) < 4.78 is 0. The van der Waals surface area contributed by atoms with Crippen LogP contribution in [0.25, 0.3) is 0 Å². The number of allylic oxidation sites excluding steroid dienone is 1. The van der Waals surface area contributed by atoms with Gasteiger partial charge in [0, 0.05) is 0 Å². The molecule has 0 atom stereocenters. The fourth-order valence-corrected chi connectivity index (χ4v) is 0.396. The van der Waals surface area contributed by atoms with Crippen LogP contribution in [0.2, 0.25) is 0 Å². The predicted octanol–water partition coefficient (Wildman–Crippen LogP) is 1.45. The lowest BCUT2D eigenvalue weighted by atomic mass is 10.5. The molecule has 0 fully saturated rings. The van der Waals surface area contributed by atoms with Crippen LogP contribution in [0.15, 0.2) is 28.2 Å². The molecule has 0 aromatic heterocycles. The highest BCUT2D eigenvalue weighted by Crippen LogP contribution is 2.02. The number of thiocarbonyl (C=S) groups is 1. The number of nitrogens with zero attached hydrogens (tertiary/aromatic N) is 2. The molecule has 3 heteroatoms. The van der Waals surface area contributed by atoms with Gasteiger partial charge in [0.25, 0.3) is 0 Å². The summed E-state index contributed by atoms with van der Waals surface area (Å²) in [7, 11) is 0. The summed E-state index contributed by atoms with van der Waals surface area (Å²) >= 11 is 4.42. The molecular weight excluding hydrogens is 108 g/mol. The molecule has 0 spiro atoms. The van der Waals surface area contributed by atoms with Crippen molar-refractivity contribution in [2.24, 2.45) is 10.2 Å². The Morgan fingerprint density at radius 3 is 2.86 bits per heavy atom. The molecule has 1 heterocycles. The standard InChI is InChI=1S/C4H2N2S/c7-3-4-1-2-5-6-4/h1-2H. The Morgan fingerprint density at radius 1 is 1.71 bits per heavy atom. The molecule has 0 saturated carbocycles. The van der Waals surface area contributed by atoms with Crippen molar-refractivity contribution in [2.75, 3.05) is 0 Å². The van der Waals surface area contributed by atoms with E-state index in [2.05, 4.69) is 27.5 Å². The average molecular weight is 110 g/mol. The molecule has 0 aliphatic carbocycles. The monoisotopic (exact) mass is 110 g/mol. The summed E-state index contributed by atoms with van der Waals surface area (Å²) in [5.41, 5.74) is 0.634. The molecule has 1 aliphatic rings. The van der Waals surface area contributed by atoms with Gasteiger partial charge in [-0.2, -0.15) is 5.11 Å². The maximum atomic E-state index is 4.42. The van der Waals surface area contributed by atoms with E-state index in [-0.39, 0.29) is 0 Å². The van der Waals surface area contributed by atoms with Gasteiger partial charge in [0.2, 0.25) is 0 Å². The van der Waals surface area contributed by atoms with Crippen molar-refractivity contribution in [1.29, 1.82) is 0 Å². The summed E-state index contributed by atoms with van der Waals surface area (Å²) in [6, 6.07) is 0. The molecule has 7 heavy (non-hydrogen) atoms. The summed E-state index contributed by atoms with van der Waals surface area (Å²) in [6.45, 7) is 0. The highest BCUT2D eigenvalue weighted by molar-refractivity contribution is 7.78. The Hall–Kier alpha value is -0.790. The average Bonchev–Trinajstić information content (AvgIpc) is 2.14. The molecule has 1 rings (SSSR count). The molecule has 0 aromatic rings. The zero-order valence-electron chi connectivity index (χ0n) is 3.46. The largest absolute Gasteiger partial charge is 0.158 e. The number of hydrogen-bond acceptors (Lipinski definition) is 3. The minimum Gasteiger partial charge on any atom is -0.158 e. The third-order valence-corrected chi connectivity index (χ3v) is 0.778. The molecule has 0 saturated heterocycles. The van der Waals surface area contributed by atoms with Gasteiger partial charge in [-0.05, 0) is 23.3 Å². The van der Waals surface area contributed by atoms with E-state index in [1.165, 1.54) is 0 Å². The van der Waals surface area contributed by atoms with E-state index in [1.807, 2.05) is 0 Å². The topological polar surface area (TPSA) is 24.7 Å². The maximum Gasteiger partial charge on any atom is 0.140 e. The molecule has 0 bridgehead atoms. The molecule has 0 unspecified atom stereocenters. The van der Waals surface area contributed by atoms with Crippen molar-refractivity contribution in [2.45, 2.75) is 0 Å². The minimum atomic E-state index is 0.634. The number of rotatable bonds is 0. The lowest BCUT2D eigenvalue weighted by molar-refractivity contribution is 1.25. The maximum absolute atomic E-state index is 4.42. The minimum absolute atomic E-state index is 0.634. The quantitative estimate of drug-likeness (QED) is 0.433. The van der Waals surface area contributed by atoms with Crippen molar-refractivity contribution in [3.8, 4) is 0 Å². The van der Waals surface area contributed by atoms with E-state index in [0.29, 0.717) is 5.70 Å². The van der Waals surface area contributed by atoms with Crippen molar-refractivity contribution >= 4 is 17.2 Å². The zero-order chi connectivity index (χ0) is 5.11. The normalized spacial score (nSPS) is 15.1. The van der Waals surface area contributed by atoms with Crippen LogP contribution < -0.4 is 0 Å². The predicted molar refractivity (Wildman–Crippen MR) is 30.1 cm³/mol. The fourth-order valence-electron chi connectivity index (χ4n) is 0.287. The van der Waals surface area contributed by atoms with E-state index in [0.717, 1.165) is 0 Å². The van der Waals surface area contributed by atoms with Crippen molar-refractivity contribution in [3.63, 3.8) is 0 Å². The molecular formula is C4H2N2S. The smallest absolute Gasteiger partial charge is 0.140 e. The van der Waals surface area contributed by atoms with Crippen LogP contribution in [0.3, 0.4) is 0 Å². The van der Waals surface area contributed by atoms with Crippen LogP contribution in [-0.4, -0.2) is 5.02 Å². The van der Waals surface area contributed by atoms with E-state index in [9.17, 15) is 0 Å².